The number of rotatable bonds is 24. The Morgan fingerprint density at radius 2 is 1.10 bits per heavy atom. The minimum Gasteiger partial charge on any atom is -0.480 e. The summed E-state index contributed by atoms with van der Waals surface area (Å²) in [5.41, 5.74) is 7.21. The third-order valence-corrected chi connectivity index (χ3v) is 8.82. The van der Waals surface area contributed by atoms with E-state index in [9.17, 15) is 33.9 Å². The third-order valence-electron chi connectivity index (χ3n) is 8.82. The standard InChI is InChI=1S/C39H57N5O7/c1-5-27(4)35(38(49)42-30(36(40)47)24-28-17-11-9-12-18-28)44-34(46)22-16-8-6-7-15-21-33(45)41-31(23-26(2)3)37(48)43-32(39(50)51)25-29-19-13-10-14-20-29/h9-14,17-20,26-27,30-32,35H,5-8,15-16,21-25H2,1-4H3,(H2,40,47)(H,41,45)(H,42,49)(H,43,48)(H,44,46)(H,50,51)/t27-,30+,31+,32+,35+/m1/s1. The normalized spacial score (nSPS) is 14.0. The summed E-state index contributed by atoms with van der Waals surface area (Å²) in [6.07, 6.45) is 5.36. The van der Waals surface area contributed by atoms with Crippen molar-refractivity contribution >= 4 is 35.5 Å². The number of carboxylic acids is 1. The second-order valence-corrected chi connectivity index (χ2v) is 13.7. The van der Waals surface area contributed by atoms with Gasteiger partial charge in [-0.15, -0.1) is 0 Å². The number of primary amides is 1. The predicted molar refractivity (Wildman–Crippen MR) is 196 cm³/mol. The number of amides is 5. The van der Waals surface area contributed by atoms with Crippen molar-refractivity contribution in [3.05, 3.63) is 71.8 Å². The summed E-state index contributed by atoms with van der Waals surface area (Å²) in [7, 11) is 0. The molecule has 0 spiro atoms. The Morgan fingerprint density at radius 3 is 1.57 bits per heavy atom. The molecule has 0 bridgehead atoms. The second-order valence-electron chi connectivity index (χ2n) is 13.7. The Hall–Kier alpha value is -4.74. The average Bonchev–Trinajstić information content (AvgIpc) is 3.09. The van der Waals surface area contributed by atoms with Gasteiger partial charge >= 0.3 is 5.97 Å². The Bertz CT molecular complexity index is 1400. The van der Waals surface area contributed by atoms with Gasteiger partial charge in [0.05, 0.1) is 0 Å². The first-order valence-corrected chi connectivity index (χ1v) is 18.1. The fraction of sp³-hybridized carbons (Fsp3) is 0.538. The van der Waals surface area contributed by atoms with Crippen molar-refractivity contribution in [2.24, 2.45) is 17.6 Å². The van der Waals surface area contributed by atoms with Crippen LogP contribution in [0.5, 0.6) is 0 Å². The zero-order valence-electron chi connectivity index (χ0n) is 30.5. The van der Waals surface area contributed by atoms with Crippen LogP contribution >= 0.6 is 0 Å². The Morgan fingerprint density at radius 1 is 0.627 bits per heavy atom. The summed E-state index contributed by atoms with van der Waals surface area (Å²) in [6, 6.07) is 14.6. The van der Waals surface area contributed by atoms with Crippen molar-refractivity contribution in [2.75, 3.05) is 0 Å². The number of nitrogens with one attached hydrogen (secondary N) is 4. The Kier molecular flexibility index (Phi) is 19.0. The highest BCUT2D eigenvalue weighted by atomic mass is 16.4. The molecule has 51 heavy (non-hydrogen) atoms. The highest BCUT2D eigenvalue weighted by Gasteiger charge is 2.30. The number of hydrogen-bond donors (Lipinski definition) is 6. The Balaban J connectivity index is 1.76. The van der Waals surface area contributed by atoms with Crippen LogP contribution in [0.15, 0.2) is 60.7 Å². The number of carbonyl (C=O) groups excluding carboxylic acids is 5. The SMILES string of the molecule is CC[C@@H](C)[C@H](NC(=O)CCCCCCCC(=O)N[C@@H](CC(C)C)C(=O)N[C@@H](Cc1ccccc1)C(=O)O)C(=O)N[C@@H](Cc1ccccc1)C(N)=O. The van der Waals surface area contributed by atoms with Crippen molar-refractivity contribution < 1.29 is 33.9 Å². The van der Waals surface area contributed by atoms with Gasteiger partial charge in [-0.3, -0.25) is 24.0 Å². The quantitative estimate of drug-likeness (QED) is 0.0892. The maximum absolute atomic E-state index is 13.2. The molecule has 0 fully saturated rings. The number of carboxylic acid groups (broad SMARTS) is 1. The van der Waals surface area contributed by atoms with Crippen molar-refractivity contribution in [1.82, 2.24) is 21.3 Å². The van der Waals surface area contributed by atoms with Gasteiger partial charge in [-0.05, 0) is 42.2 Å². The smallest absolute Gasteiger partial charge is 0.326 e. The summed E-state index contributed by atoms with van der Waals surface area (Å²) in [6.45, 7) is 7.65. The van der Waals surface area contributed by atoms with Gasteiger partial charge in [0.25, 0.3) is 0 Å². The molecule has 0 aromatic heterocycles. The van der Waals surface area contributed by atoms with E-state index in [1.54, 1.807) is 24.3 Å². The molecule has 280 valence electrons. The lowest BCUT2D eigenvalue weighted by atomic mass is 9.97. The molecule has 0 aliphatic rings. The van der Waals surface area contributed by atoms with Crippen LogP contribution in [0, 0.1) is 11.8 Å². The van der Waals surface area contributed by atoms with E-state index >= 15 is 0 Å². The molecular weight excluding hydrogens is 650 g/mol. The van der Waals surface area contributed by atoms with E-state index in [1.165, 1.54) is 0 Å². The van der Waals surface area contributed by atoms with E-state index in [0.29, 0.717) is 25.7 Å². The van der Waals surface area contributed by atoms with E-state index in [1.807, 2.05) is 64.1 Å². The lowest BCUT2D eigenvalue weighted by molar-refractivity contribution is -0.142. The Labute approximate surface area is 302 Å². The van der Waals surface area contributed by atoms with E-state index in [0.717, 1.165) is 30.4 Å². The molecule has 2 rings (SSSR count). The monoisotopic (exact) mass is 707 g/mol. The first-order chi connectivity index (χ1) is 24.3. The maximum atomic E-state index is 13.2. The molecule has 12 nitrogen and oxygen atoms in total. The number of carbonyl (C=O) groups is 6. The van der Waals surface area contributed by atoms with Crippen LogP contribution < -0.4 is 27.0 Å². The van der Waals surface area contributed by atoms with Crippen molar-refractivity contribution in [1.29, 1.82) is 0 Å². The van der Waals surface area contributed by atoms with E-state index in [2.05, 4.69) is 21.3 Å². The molecule has 5 atom stereocenters. The molecule has 2 aromatic rings. The van der Waals surface area contributed by atoms with E-state index in [4.69, 9.17) is 5.73 Å². The zero-order valence-corrected chi connectivity index (χ0v) is 30.5. The molecule has 7 N–H and O–H groups in total. The third kappa shape index (κ3) is 16.7. The number of unbranched alkanes of at least 4 members (excludes halogenated alkanes) is 4. The van der Waals surface area contributed by atoms with Crippen LogP contribution in [0.2, 0.25) is 0 Å². The number of aliphatic carboxylic acids is 1. The first-order valence-electron chi connectivity index (χ1n) is 18.1. The summed E-state index contributed by atoms with van der Waals surface area (Å²) in [5.74, 6) is -3.36. The van der Waals surface area contributed by atoms with Crippen molar-refractivity contribution in [3.63, 3.8) is 0 Å². The summed E-state index contributed by atoms with van der Waals surface area (Å²) < 4.78 is 0. The second kappa shape index (κ2) is 22.9. The lowest BCUT2D eigenvalue weighted by Crippen LogP contribution is -2.55. The van der Waals surface area contributed by atoms with Gasteiger partial charge in [0.1, 0.15) is 24.2 Å². The molecule has 0 aliphatic heterocycles. The van der Waals surface area contributed by atoms with E-state index < -0.39 is 47.9 Å². The minimum absolute atomic E-state index is 0.0946. The molecule has 0 radical (unpaired) electrons. The van der Waals surface area contributed by atoms with Crippen molar-refractivity contribution in [2.45, 2.75) is 122 Å². The number of hydrogen-bond acceptors (Lipinski definition) is 6. The van der Waals surface area contributed by atoms with Gasteiger partial charge < -0.3 is 32.1 Å². The summed E-state index contributed by atoms with van der Waals surface area (Å²) in [5, 5.41) is 20.6. The van der Waals surface area contributed by atoms with Crippen LogP contribution in [0.1, 0.15) is 96.6 Å². The molecule has 0 saturated carbocycles. The largest absolute Gasteiger partial charge is 0.480 e. The molecule has 5 amide bonds. The van der Waals surface area contributed by atoms with Crippen LogP contribution in [0.3, 0.4) is 0 Å². The molecule has 0 aliphatic carbocycles. The highest BCUT2D eigenvalue weighted by Crippen LogP contribution is 2.13. The molecule has 0 heterocycles. The van der Waals surface area contributed by atoms with Crippen LogP contribution in [0.4, 0.5) is 0 Å². The lowest BCUT2D eigenvalue weighted by Gasteiger charge is -2.26. The average molecular weight is 708 g/mol. The van der Waals surface area contributed by atoms with Gasteiger partial charge in [0, 0.05) is 25.7 Å². The van der Waals surface area contributed by atoms with Gasteiger partial charge in [-0.2, -0.15) is 0 Å². The number of benzene rings is 2. The van der Waals surface area contributed by atoms with E-state index in [-0.39, 0.29) is 49.3 Å². The van der Waals surface area contributed by atoms with Crippen LogP contribution in [-0.2, 0) is 41.6 Å². The maximum Gasteiger partial charge on any atom is 0.326 e. The fourth-order valence-electron chi connectivity index (χ4n) is 5.67. The molecule has 0 saturated heterocycles. The van der Waals surface area contributed by atoms with Gasteiger partial charge in [0.15, 0.2) is 0 Å². The summed E-state index contributed by atoms with van der Waals surface area (Å²) in [4.78, 5) is 75.7. The molecule has 12 heteroatoms. The predicted octanol–water partition coefficient (Wildman–Crippen LogP) is 3.80. The highest BCUT2D eigenvalue weighted by molar-refractivity contribution is 5.92. The molecule has 0 unspecified atom stereocenters. The van der Waals surface area contributed by atoms with Crippen LogP contribution in [0.25, 0.3) is 0 Å². The zero-order chi connectivity index (χ0) is 37.8. The van der Waals surface area contributed by atoms with Gasteiger partial charge in [-0.25, -0.2) is 4.79 Å². The molecule has 2 aromatic carbocycles. The van der Waals surface area contributed by atoms with Gasteiger partial charge in [-0.1, -0.05) is 114 Å². The number of nitrogens with two attached hydrogens (primary N) is 1. The first kappa shape index (κ1) is 42.4. The molecular formula is C39H57N5O7. The van der Waals surface area contributed by atoms with Gasteiger partial charge in [0.2, 0.25) is 29.5 Å². The topological polar surface area (TPSA) is 197 Å². The summed E-state index contributed by atoms with van der Waals surface area (Å²) >= 11 is 0. The minimum atomic E-state index is -1.15. The van der Waals surface area contributed by atoms with Crippen molar-refractivity contribution in [3.8, 4) is 0 Å². The fourth-order valence-corrected chi connectivity index (χ4v) is 5.67. The van der Waals surface area contributed by atoms with Crippen LogP contribution in [-0.4, -0.2) is 64.8 Å².